The topological polar surface area (TPSA) is 361 Å². The average Bonchev–Trinajstić information content (AvgIpc) is 1.22. The Labute approximate surface area is 531 Å². The maximum Gasteiger partial charge on any atom is 0.412 e. The minimum atomic E-state index is -0.875. The summed E-state index contributed by atoms with van der Waals surface area (Å²) in [6, 6.07) is 12.5. The molecule has 9 saturated heterocycles. The second-order valence-electron chi connectivity index (χ2n) is 24.0. The standard InChI is InChI=1S/C28H40N6O6S.C18H27N3O3.C14H18N4O6S/c1-16-6-7-22(39-2)20(10-16)32-28(38)40-19-11-17-4-3-5-18(12-19)34(17)15-30-25(36)13-29-24(35)9-8-23-26-21(14-41-23)31-27(37)33-26;1-12-6-7-17(23-2)16(8-12)20-18(22)24-15-9-13-4-3-5-14(10-15)21(13)11-19;19-9(2-1-8-13-7(6-25-8)16-14(23)17-13)15-5-12(22)24-18-10(20)3-4-11(18)21/h6-7,10,17-19,21,23,26H,3-5,8-9,11-15H2,1-2H3,(H,29,35)(H,30,36)(H,32,38)(H2,31,33,37);6-8,13-15H,3-5,9-11,19H2,1-2H3,(H,20,22);7-8,13H,1-6H2,(H,15,19)(H2,16,17,23)/t17?,18?,19?,21-,23-,26-;;7-,8-,13-/m1.0/s1. The number of nitrogens with one attached hydrogen (secondary N) is 9. The predicted octanol–water partition coefficient (Wildman–Crippen LogP) is 3.58. The van der Waals surface area contributed by atoms with Gasteiger partial charge in [-0.3, -0.25) is 44.4 Å². The monoisotopic (exact) mass is 1290 g/mol. The van der Waals surface area contributed by atoms with Crippen LogP contribution in [0.25, 0.3) is 0 Å². The van der Waals surface area contributed by atoms with Crippen LogP contribution in [0.15, 0.2) is 36.4 Å². The number of ether oxygens (including phenoxy) is 4. The van der Waals surface area contributed by atoms with E-state index in [1.54, 1.807) is 37.7 Å². The molecule has 4 unspecified atom stereocenters. The van der Waals surface area contributed by atoms with E-state index >= 15 is 0 Å². The molecule has 2 aromatic rings. The second kappa shape index (κ2) is 31.6. The average molecular weight is 1290 g/mol. The van der Waals surface area contributed by atoms with E-state index in [1.807, 2.05) is 50.2 Å². The first-order chi connectivity index (χ1) is 43.3. The highest BCUT2D eigenvalue weighted by atomic mass is 32.2. The molecular formula is C60H85N13O15S2. The number of hydrogen-bond acceptors (Lipinski definition) is 20. The van der Waals surface area contributed by atoms with Crippen LogP contribution in [-0.2, 0) is 43.1 Å². The number of benzene rings is 2. The Balaban J connectivity index is 0.000000169. The number of hydrogen-bond donors (Lipinski definition) is 10. The van der Waals surface area contributed by atoms with Crippen molar-refractivity contribution < 1.29 is 71.7 Å². The van der Waals surface area contributed by atoms with Gasteiger partial charge >= 0.3 is 30.2 Å². The molecule has 28 nitrogen and oxygen atoms in total. The van der Waals surface area contributed by atoms with E-state index in [4.69, 9.17) is 24.7 Å². The lowest BCUT2D eigenvalue weighted by Gasteiger charge is -2.48. The van der Waals surface area contributed by atoms with Crippen molar-refractivity contribution in [1.82, 2.24) is 52.1 Å². The van der Waals surface area contributed by atoms with Gasteiger partial charge in [0.1, 0.15) is 30.3 Å². The summed E-state index contributed by atoms with van der Waals surface area (Å²) in [5.74, 6) is 0.119. The van der Waals surface area contributed by atoms with E-state index in [-0.39, 0.29) is 115 Å². The number of hydroxylamine groups is 2. The Morgan fingerprint density at radius 3 is 1.48 bits per heavy atom. The number of nitrogens with zero attached hydrogens (tertiary/aromatic N) is 3. The van der Waals surface area contributed by atoms with Crippen LogP contribution in [-0.4, -0.2) is 198 Å². The molecule has 0 aliphatic carbocycles. The molecule has 0 radical (unpaired) electrons. The Morgan fingerprint density at radius 2 is 1.03 bits per heavy atom. The third-order valence-corrected chi connectivity index (χ3v) is 20.8. The molecule has 9 fully saturated rings. The van der Waals surface area contributed by atoms with Gasteiger partial charge in [0, 0.05) is 104 Å². The summed E-state index contributed by atoms with van der Waals surface area (Å²) >= 11 is 3.46. The van der Waals surface area contributed by atoms with Gasteiger partial charge in [0.05, 0.1) is 63.0 Å². The van der Waals surface area contributed by atoms with E-state index in [9.17, 15) is 47.9 Å². The van der Waals surface area contributed by atoms with Crippen LogP contribution in [0.3, 0.4) is 0 Å². The van der Waals surface area contributed by atoms with Crippen molar-refractivity contribution in [2.45, 2.75) is 188 Å². The van der Waals surface area contributed by atoms with Gasteiger partial charge in [-0.1, -0.05) is 25.0 Å². The number of rotatable bonds is 20. The maximum atomic E-state index is 12.7. The van der Waals surface area contributed by atoms with Crippen LogP contribution in [0.1, 0.15) is 114 Å². The first kappa shape index (κ1) is 67.1. The molecule has 0 aromatic heterocycles. The van der Waals surface area contributed by atoms with E-state index in [0.717, 1.165) is 67.6 Å². The number of fused-ring (bicyclic) bond motifs is 6. The molecular weight excluding hydrogens is 1210 g/mol. The molecule has 11 N–H and O–H groups in total. The number of imide groups is 1. The first-order valence-corrected chi connectivity index (χ1v) is 33.1. The van der Waals surface area contributed by atoms with E-state index in [2.05, 4.69) is 62.5 Å². The van der Waals surface area contributed by atoms with E-state index < -0.39 is 36.5 Å². The van der Waals surface area contributed by atoms with Crippen LogP contribution in [0.4, 0.5) is 30.6 Å². The molecule has 492 valence electrons. The number of carbonyl (C=O) groups is 10. The Hall–Kier alpha value is -7.28. The van der Waals surface area contributed by atoms with Gasteiger partial charge in [0.2, 0.25) is 17.7 Å². The zero-order chi connectivity index (χ0) is 64.0. The normalized spacial score (nSPS) is 27.9. The van der Waals surface area contributed by atoms with Crippen LogP contribution < -0.4 is 63.1 Å². The molecule has 11 rings (SSSR count). The third-order valence-electron chi connectivity index (χ3n) is 17.8. The molecule has 2 aromatic carbocycles. The zero-order valence-corrected chi connectivity index (χ0v) is 52.9. The minimum Gasteiger partial charge on any atom is -0.495 e. The van der Waals surface area contributed by atoms with Crippen LogP contribution >= 0.6 is 23.5 Å². The van der Waals surface area contributed by atoms with Crippen LogP contribution in [0, 0.1) is 13.8 Å². The summed E-state index contributed by atoms with van der Waals surface area (Å²) in [7, 11) is 3.15. The summed E-state index contributed by atoms with van der Waals surface area (Å²) in [6.07, 6.45) is 10.4. The smallest absolute Gasteiger partial charge is 0.412 e. The van der Waals surface area contributed by atoms with Gasteiger partial charge in [-0.2, -0.15) is 23.5 Å². The lowest BCUT2D eigenvalue weighted by atomic mass is 9.83. The Bertz CT molecular complexity index is 2920. The fourth-order valence-electron chi connectivity index (χ4n) is 13.4. The largest absolute Gasteiger partial charge is 0.495 e. The molecule has 11 amide bonds. The second-order valence-corrected chi connectivity index (χ2v) is 26.6. The molecule has 30 heteroatoms. The number of aryl methyl sites for hydroxylation is 2. The summed E-state index contributed by atoms with van der Waals surface area (Å²) in [5.41, 5.74) is 9.16. The predicted molar refractivity (Wildman–Crippen MR) is 333 cm³/mol. The van der Waals surface area contributed by atoms with Crippen molar-refractivity contribution in [1.29, 1.82) is 0 Å². The highest BCUT2D eigenvalue weighted by molar-refractivity contribution is 8.00. The van der Waals surface area contributed by atoms with Crippen LogP contribution in [0.2, 0.25) is 0 Å². The van der Waals surface area contributed by atoms with Gasteiger partial charge in [-0.25, -0.2) is 24.0 Å². The fraction of sp³-hybridized carbons (Fsp3) is 0.633. The molecule has 9 heterocycles. The van der Waals surface area contributed by atoms with E-state index in [1.165, 1.54) is 6.42 Å². The minimum absolute atomic E-state index is 0.0162. The summed E-state index contributed by atoms with van der Waals surface area (Å²) in [6.45, 7) is 4.42. The summed E-state index contributed by atoms with van der Waals surface area (Å²) < 4.78 is 22.1. The molecule has 90 heavy (non-hydrogen) atoms. The van der Waals surface area contributed by atoms with Crippen molar-refractivity contribution in [3.05, 3.63) is 47.5 Å². The summed E-state index contributed by atoms with van der Waals surface area (Å²) in [4.78, 5) is 128. The third kappa shape index (κ3) is 18.0. The number of urea groups is 2. The fourth-order valence-corrected chi connectivity index (χ4v) is 16.4. The lowest BCUT2D eigenvalue weighted by Crippen LogP contribution is -2.57. The molecule has 9 aliphatic heterocycles. The molecule has 9 aliphatic rings. The number of methoxy groups -OCH3 is 2. The number of anilines is 2. The molecule has 0 saturated carbocycles. The van der Waals surface area contributed by atoms with Gasteiger partial charge in [0.25, 0.3) is 11.8 Å². The summed E-state index contributed by atoms with van der Waals surface area (Å²) in [5, 5.41) is 26.0. The number of thioether (sulfide) groups is 2. The van der Waals surface area contributed by atoms with Gasteiger partial charge in [-0.05, 0) is 87.8 Å². The number of nitrogens with two attached hydrogens (primary N) is 1. The number of piperidine rings is 4. The molecule has 0 spiro atoms. The van der Waals surface area contributed by atoms with Crippen molar-refractivity contribution in [3.63, 3.8) is 0 Å². The van der Waals surface area contributed by atoms with Crippen LogP contribution in [0.5, 0.6) is 11.5 Å². The van der Waals surface area contributed by atoms with E-state index in [0.29, 0.717) is 85.5 Å². The number of amides is 11. The van der Waals surface area contributed by atoms with Gasteiger partial charge in [0.15, 0.2) is 0 Å². The van der Waals surface area contributed by atoms with Crippen molar-refractivity contribution >= 4 is 94.7 Å². The zero-order valence-electron chi connectivity index (χ0n) is 51.3. The highest BCUT2D eigenvalue weighted by Gasteiger charge is 2.45. The highest BCUT2D eigenvalue weighted by Crippen LogP contribution is 2.38. The van der Waals surface area contributed by atoms with Crippen molar-refractivity contribution in [2.75, 3.05) is 62.8 Å². The van der Waals surface area contributed by atoms with Gasteiger partial charge < -0.3 is 66.7 Å². The first-order valence-electron chi connectivity index (χ1n) is 31.0. The van der Waals surface area contributed by atoms with Gasteiger partial charge in [-0.15, -0.1) is 5.06 Å². The molecule has 4 bridgehead atoms. The Kier molecular flexibility index (Phi) is 23.6. The number of carbonyl (C=O) groups excluding carboxylic acids is 10. The quantitative estimate of drug-likeness (QED) is 0.0669. The van der Waals surface area contributed by atoms with Crippen molar-refractivity contribution in [3.8, 4) is 11.5 Å². The van der Waals surface area contributed by atoms with Crippen molar-refractivity contribution in [2.24, 2.45) is 5.73 Å². The SMILES string of the molecule is COc1ccc(C)cc1NC(=O)OC1CC2CCCC(C1)N2CN.COc1ccc(C)cc1NC(=O)OC1CC2CCCC(C1)N2CNC(=O)CNC(=O)CC[C@H]1SC[C@H]2NC(=O)N[C@H]21.O=C(CC[C@@H]1SC[C@@H]2NC(=O)N[C@@H]21)NCC(=O)ON1C(=O)CCC1=O. The Morgan fingerprint density at radius 1 is 0.589 bits per heavy atom. The maximum absolute atomic E-state index is 12.7. The molecule has 10 atom stereocenters. The lowest BCUT2D eigenvalue weighted by molar-refractivity contribution is -0.196.